The Bertz CT molecular complexity index is 536. The number of nitrogens with one attached hydrogen (secondary N) is 1. The van der Waals surface area contributed by atoms with Gasteiger partial charge in [0.2, 0.25) is 0 Å². The van der Waals surface area contributed by atoms with Crippen LogP contribution in [0.25, 0.3) is 0 Å². The average Bonchev–Trinajstić information content (AvgIpc) is 2.37. The molecule has 0 aliphatic rings. The largest absolute Gasteiger partial charge is 0.480 e. The van der Waals surface area contributed by atoms with Crippen molar-refractivity contribution in [3.05, 3.63) is 33.1 Å². The average molecular weight is 304 g/mol. The van der Waals surface area contributed by atoms with Gasteiger partial charge in [0.25, 0.3) is 11.6 Å². The summed E-state index contributed by atoms with van der Waals surface area (Å²) in [6, 6.07) is 1.00. The van der Waals surface area contributed by atoms with Crippen molar-refractivity contribution in [2.24, 2.45) is 0 Å². The van der Waals surface area contributed by atoms with Gasteiger partial charge in [0, 0.05) is 12.6 Å². The smallest absolute Gasteiger partial charge is 0.329 e. The van der Waals surface area contributed by atoms with Gasteiger partial charge in [0.1, 0.15) is 18.0 Å². The zero-order chi connectivity index (χ0) is 15.1. The molecule has 0 atom stereocenters. The molecule has 1 aromatic rings. The number of carboxylic acid groups (broad SMARTS) is 1. The van der Waals surface area contributed by atoms with E-state index < -0.39 is 23.4 Å². The Labute approximate surface area is 117 Å². The number of pyridine rings is 1. The molecule has 0 radical (unpaired) electrons. The normalized spacial score (nSPS) is 10.1. The third kappa shape index (κ3) is 4.78. The molecule has 10 heteroatoms. The van der Waals surface area contributed by atoms with Crippen LogP contribution in [0.15, 0.2) is 12.3 Å². The molecule has 0 fully saturated rings. The molecule has 108 valence electrons. The summed E-state index contributed by atoms with van der Waals surface area (Å²) >= 11 is 5.67. The number of carbonyl (C=O) groups is 2. The maximum Gasteiger partial charge on any atom is 0.329 e. The van der Waals surface area contributed by atoms with E-state index in [0.717, 1.165) is 12.3 Å². The molecule has 1 amide bonds. The van der Waals surface area contributed by atoms with Crippen LogP contribution >= 0.6 is 11.6 Å². The van der Waals surface area contributed by atoms with Crippen molar-refractivity contribution < 1.29 is 24.4 Å². The summed E-state index contributed by atoms with van der Waals surface area (Å²) < 4.78 is 4.70. The first-order valence-electron chi connectivity index (χ1n) is 5.29. The van der Waals surface area contributed by atoms with Crippen LogP contribution in [-0.4, -0.2) is 46.6 Å². The van der Waals surface area contributed by atoms with E-state index in [1.165, 1.54) is 0 Å². The molecule has 0 aliphatic heterocycles. The van der Waals surface area contributed by atoms with E-state index in [2.05, 4.69) is 10.3 Å². The van der Waals surface area contributed by atoms with Gasteiger partial charge in [0.15, 0.2) is 0 Å². The molecule has 0 saturated heterocycles. The first-order valence-corrected chi connectivity index (χ1v) is 5.67. The predicted molar refractivity (Wildman–Crippen MR) is 66.7 cm³/mol. The maximum absolute atomic E-state index is 11.7. The second kappa shape index (κ2) is 7.36. The lowest BCUT2D eigenvalue weighted by Crippen LogP contribution is -2.28. The van der Waals surface area contributed by atoms with E-state index >= 15 is 0 Å². The lowest BCUT2D eigenvalue weighted by Gasteiger charge is -2.06. The highest BCUT2D eigenvalue weighted by Crippen LogP contribution is 2.18. The van der Waals surface area contributed by atoms with E-state index in [9.17, 15) is 19.7 Å². The molecule has 20 heavy (non-hydrogen) atoms. The fraction of sp³-hybridized carbons (Fsp3) is 0.300. The van der Waals surface area contributed by atoms with Crippen LogP contribution in [0.1, 0.15) is 10.4 Å². The van der Waals surface area contributed by atoms with Crippen molar-refractivity contribution in [2.45, 2.75) is 0 Å². The van der Waals surface area contributed by atoms with E-state index in [4.69, 9.17) is 21.4 Å². The lowest BCUT2D eigenvalue weighted by atomic mass is 10.2. The highest BCUT2D eigenvalue weighted by molar-refractivity contribution is 6.32. The van der Waals surface area contributed by atoms with Gasteiger partial charge in [-0.3, -0.25) is 14.9 Å². The molecule has 0 spiro atoms. The van der Waals surface area contributed by atoms with Crippen molar-refractivity contribution in [1.29, 1.82) is 0 Å². The number of hydrogen-bond acceptors (Lipinski definition) is 6. The van der Waals surface area contributed by atoms with Crippen molar-refractivity contribution in [3.8, 4) is 0 Å². The number of carboxylic acids is 1. The number of hydrogen-bond donors (Lipinski definition) is 2. The second-order valence-electron chi connectivity index (χ2n) is 3.49. The fourth-order valence-electron chi connectivity index (χ4n) is 1.19. The minimum Gasteiger partial charge on any atom is -0.480 e. The summed E-state index contributed by atoms with van der Waals surface area (Å²) in [7, 11) is 0. The predicted octanol–water partition coefficient (Wildman–Crippen LogP) is 0.474. The molecular formula is C10H10ClN3O6. The van der Waals surface area contributed by atoms with Gasteiger partial charge < -0.3 is 15.2 Å². The van der Waals surface area contributed by atoms with Gasteiger partial charge >= 0.3 is 5.97 Å². The standard InChI is InChI=1S/C10H10ClN3O6/c11-9-7(3-6(4-13-9)14(18)19)10(17)12-1-2-20-5-8(15)16/h3-4H,1-2,5H2,(H,12,17)(H,15,16). The van der Waals surface area contributed by atoms with Crippen LogP contribution in [0.2, 0.25) is 5.15 Å². The van der Waals surface area contributed by atoms with Crippen molar-refractivity contribution in [2.75, 3.05) is 19.8 Å². The van der Waals surface area contributed by atoms with Crippen LogP contribution in [0.5, 0.6) is 0 Å². The minimum absolute atomic E-state index is 0.0159. The molecule has 1 heterocycles. The van der Waals surface area contributed by atoms with Crippen molar-refractivity contribution in [3.63, 3.8) is 0 Å². The monoisotopic (exact) mass is 303 g/mol. The Hall–Kier alpha value is -2.26. The number of amides is 1. The highest BCUT2D eigenvalue weighted by Gasteiger charge is 2.16. The number of ether oxygens (including phenoxy) is 1. The van der Waals surface area contributed by atoms with E-state index in [0.29, 0.717) is 0 Å². The zero-order valence-corrected chi connectivity index (χ0v) is 10.8. The first kappa shape index (κ1) is 15.8. The Kier molecular flexibility index (Phi) is 5.81. The summed E-state index contributed by atoms with van der Waals surface area (Å²) in [6.07, 6.45) is 0.940. The van der Waals surface area contributed by atoms with Gasteiger partial charge in [-0.2, -0.15) is 0 Å². The van der Waals surface area contributed by atoms with Crippen LogP contribution < -0.4 is 5.32 Å². The molecule has 2 N–H and O–H groups in total. The van der Waals surface area contributed by atoms with Gasteiger partial charge in [-0.1, -0.05) is 11.6 Å². The summed E-state index contributed by atoms with van der Waals surface area (Å²) in [5.74, 6) is -1.78. The minimum atomic E-state index is -1.12. The van der Waals surface area contributed by atoms with Gasteiger partial charge in [-0.05, 0) is 0 Å². The molecule has 1 aromatic heterocycles. The number of halogens is 1. The molecule has 9 nitrogen and oxygen atoms in total. The summed E-state index contributed by atoms with van der Waals surface area (Å²) in [4.78, 5) is 35.3. The number of nitrogens with zero attached hydrogens (tertiary/aromatic N) is 2. The summed E-state index contributed by atoms with van der Waals surface area (Å²) in [6.45, 7) is -0.460. The quantitative estimate of drug-likeness (QED) is 0.324. The number of carbonyl (C=O) groups excluding carboxylic acids is 1. The third-order valence-electron chi connectivity index (χ3n) is 2.04. The SMILES string of the molecule is O=C(O)COCCNC(=O)c1cc([N+](=O)[O-])cnc1Cl. The molecule has 0 unspecified atom stereocenters. The number of nitro groups is 1. The van der Waals surface area contributed by atoms with Crippen LogP contribution in [-0.2, 0) is 9.53 Å². The van der Waals surface area contributed by atoms with Gasteiger partial charge in [-0.15, -0.1) is 0 Å². The molecular weight excluding hydrogens is 294 g/mol. The molecule has 0 bridgehead atoms. The van der Waals surface area contributed by atoms with E-state index in [1.54, 1.807) is 0 Å². The zero-order valence-electron chi connectivity index (χ0n) is 10.0. The van der Waals surface area contributed by atoms with Crippen LogP contribution in [0.4, 0.5) is 5.69 Å². The number of rotatable bonds is 7. The van der Waals surface area contributed by atoms with Gasteiger partial charge in [0.05, 0.1) is 17.1 Å². The van der Waals surface area contributed by atoms with Crippen LogP contribution in [0.3, 0.4) is 0 Å². The van der Waals surface area contributed by atoms with E-state index in [-0.39, 0.29) is 29.6 Å². The Balaban J connectivity index is 2.57. The first-order chi connectivity index (χ1) is 9.41. The lowest BCUT2D eigenvalue weighted by molar-refractivity contribution is -0.385. The fourth-order valence-corrected chi connectivity index (χ4v) is 1.38. The Morgan fingerprint density at radius 1 is 1.55 bits per heavy atom. The van der Waals surface area contributed by atoms with Gasteiger partial charge in [-0.25, -0.2) is 9.78 Å². The molecule has 0 saturated carbocycles. The summed E-state index contributed by atoms with van der Waals surface area (Å²) in [5, 5.41) is 21.1. The molecule has 1 rings (SSSR count). The molecule has 0 aromatic carbocycles. The van der Waals surface area contributed by atoms with Crippen molar-refractivity contribution in [1.82, 2.24) is 10.3 Å². The highest BCUT2D eigenvalue weighted by atomic mass is 35.5. The van der Waals surface area contributed by atoms with Crippen LogP contribution in [0, 0.1) is 10.1 Å². The Morgan fingerprint density at radius 3 is 2.85 bits per heavy atom. The number of aromatic nitrogens is 1. The van der Waals surface area contributed by atoms with E-state index in [1.807, 2.05) is 0 Å². The summed E-state index contributed by atoms with van der Waals surface area (Å²) in [5.41, 5.74) is -0.499. The second-order valence-corrected chi connectivity index (χ2v) is 3.85. The third-order valence-corrected chi connectivity index (χ3v) is 2.34. The maximum atomic E-state index is 11.7. The number of aliphatic carboxylic acids is 1. The van der Waals surface area contributed by atoms with Crippen molar-refractivity contribution >= 4 is 29.2 Å². The molecule has 0 aliphatic carbocycles. The Morgan fingerprint density at radius 2 is 2.25 bits per heavy atom. The topological polar surface area (TPSA) is 132 Å².